The van der Waals surface area contributed by atoms with Gasteiger partial charge in [-0.15, -0.1) is 0 Å². The highest BCUT2D eigenvalue weighted by molar-refractivity contribution is 5.56. The van der Waals surface area contributed by atoms with Crippen LogP contribution >= 0.6 is 0 Å². The van der Waals surface area contributed by atoms with Crippen LogP contribution in [0.25, 0.3) is 11.4 Å². The third-order valence-electron chi connectivity index (χ3n) is 4.00. The van der Waals surface area contributed by atoms with E-state index in [1.807, 2.05) is 74.4 Å². The Labute approximate surface area is 142 Å². The Hall–Kier alpha value is -2.72. The molecule has 0 spiro atoms. The molecule has 1 atom stereocenters. The number of nitrogens with zero attached hydrogens (tertiary/aromatic N) is 3. The van der Waals surface area contributed by atoms with E-state index < -0.39 is 6.10 Å². The van der Waals surface area contributed by atoms with Crippen molar-refractivity contribution in [3.63, 3.8) is 0 Å². The quantitative estimate of drug-likeness (QED) is 0.798. The number of aryl methyl sites for hydroxylation is 1. The summed E-state index contributed by atoms with van der Waals surface area (Å²) < 4.78 is 0. The summed E-state index contributed by atoms with van der Waals surface area (Å²) in [4.78, 5) is 10.8. The number of aliphatic hydroxyl groups is 1. The lowest BCUT2D eigenvalue weighted by molar-refractivity contribution is 0.220. The van der Waals surface area contributed by atoms with E-state index in [2.05, 4.69) is 9.97 Å². The first kappa shape index (κ1) is 16.1. The predicted molar refractivity (Wildman–Crippen MR) is 97.0 cm³/mol. The molecule has 0 aliphatic rings. The molecule has 0 aliphatic heterocycles. The predicted octanol–water partition coefficient (Wildman–Crippen LogP) is 3.60. The second kappa shape index (κ2) is 6.81. The molecule has 0 saturated carbocycles. The molecule has 3 aromatic rings. The first-order valence-electron chi connectivity index (χ1n) is 7.89. The van der Waals surface area contributed by atoms with Crippen molar-refractivity contribution in [1.29, 1.82) is 0 Å². The minimum Gasteiger partial charge on any atom is -0.384 e. The molecule has 1 aromatic carbocycles. The molecule has 0 bridgehead atoms. The Morgan fingerprint density at radius 2 is 1.46 bits per heavy atom. The zero-order chi connectivity index (χ0) is 17.1. The maximum Gasteiger partial charge on any atom is 0.104 e. The van der Waals surface area contributed by atoms with E-state index in [-0.39, 0.29) is 0 Å². The molecule has 1 N–H and O–H groups in total. The van der Waals surface area contributed by atoms with E-state index in [4.69, 9.17) is 0 Å². The number of hydrogen-bond acceptors (Lipinski definition) is 4. The minimum atomic E-state index is -0.687. The molecule has 0 fully saturated rings. The molecule has 2 aromatic heterocycles. The first-order chi connectivity index (χ1) is 11.5. The maximum atomic E-state index is 10.7. The Balaban J connectivity index is 1.90. The number of benzene rings is 1. The van der Waals surface area contributed by atoms with Gasteiger partial charge in [0.1, 0.15) is 6.10 Å². The second-order valence-corrected chi connectivity index (χ2v) is 6.08. The summed E-state index contributed by atoms with van der Waals surface area (Å²) in [5.74, 6) is 0. The van der Waals surface area contributed by atoms with Crippen LogP contribution in [-0.4, -0.2) is 29.2 Å². The summed E-state index contributed by atoms with van der Waals surface area (Å²) in [6.07, 6.45) is 2.80. The Bertz CT molecular complexity index is 828. The zero-order valence-corrected chi connectivity index (χ0v) is 14.1. The molecule has 0 saturated heterocycles. The largest absolute Gasteiger partial charge is 0.384 e. The fourth-order valence-electron chi connectivity index (χ4n) is 2.58. The molecule has 2 heterocycles. The Kier molecular flexibility index (Phi) is 4.58. The Morgan fingerprint density at radius 3 is 2.08 bits per heavy atom. The van der Waals surface area contributed by atoms with E-state index >= 15 is 0 Å². The first-order valence-corrected chi connectivity index (χ1v) is 7.89. The summed E-state index contributed by atoms with van der Waals surface area (Å²) in [6, 6.07) is 15.6. The van der Waals surface area contributed by atoms with Gasteiger partial charge in [0.25, 0.3) is 0 Å². The highest BCUT2D eigenvalue weighted by atomic mass is 16.3. The second-order valence-electron chi connectivity index (χ2n) is 6.08. The van der Waals surface area contributed by atoms with Crippen LogP contribution in [0.5, 0.6) is 0 Å². The Morgan fingerprint density at radius 1 is 0.833 bits per heavy atom. The van der Waals surface area contributed by atoms with Crippen LogP contribution in [0.2, 0.25) is 0 Å². The molecule has 4 heteroatoms. The van der Waals surface area contributed by atoms with Crippen molar-refractivity contribution in [3.05, 3.63) is 77.6 Å². The van der Waals surface area contributed by atoms with Gasteiger partial charge in [0.05, 0.1) is 11.4 Å². The van der Waals surface area contributed by atoms with Gasteiger partial charge in [-0.3, -0.25) is 9.97 Å². The summed E-state index contributed by atoms with van der Waals surface area (Å²) in [7, 11) is 3.99. The van der Waals surface area contributed by atoms with Gasteiger partial charge in [-0.1, -0.05) is 12.1 Å². The average molecular weight is 319 g/mol. The van der Waals surface area contributed by atoms with Gasteiger partial charge >= 0.3 is 0 Å². The SMILES string of the molecule is Cc1ccnc(-c2cc(C(O)c3ccc(N(C)C)cc3)ccn2)c1. The summed E-state index contributed by atoms with van der Waals surface area (Å²) in [5, 5.41) is 10.7. The van der Waals surface area contributed by atoms with Crippen molar-refractivity contribution in [3.8, 4) is 11.4 Å². The zero-order valence-electron chi connectivity index (χ0n) is 14.1. The normalized spacial score (nSPS) is 12.0. The van der Waals surface area contributed by atoms with Gasteiger partial charge in [0.15, 0.2) is 0 Å². The topological polar surface area (TPSA) is 49.3 Å². The van der Waals surface area contributed by atoms with Gasteiger partial charge in [0.2, 0.25) is 0 Å². The van der Waals surface area contributed by atoms with Gasteiger partial charge in [-0.25, -0.2) is 0 Å². The van der Waals surface area contributed by atoms with E-state index in [9.17, 15) is 5.11 Å². The average Bonchev–Trinajstić information content (AvgIpc) is 2.61. The van der Waals surface area contributed by atoms with Crippen molar-refractivity contribution in [2.75, 3.05) is 19.0 Å². The van der Waals surface area contributed by atoms with Crippen LogP contribution in [0.15, 0.2) is 60.9 Å². The monoisotopic (exact) mass is 319 g/mol. The minimum absolute atomic E-state index is 0.687. The van der Waals surface area contributed by atoms with Crippen LogP contribution in [0, 0.1) is 6.92 Å². The van der Waals surface area contributed by atoms with Gasteiger partial charge in [-0.05, 0) is 60.0 Å². The number of pyridine rings is 2. The number of hydrogen-bond donors (Lipinski definition) is 1. The highest BCUT2D eigenvalue weighted by Gasteiger charge is 2.12. The van der Waals surface area contributed by atoms with E-state index in [1.165, 1.54) is 0 Å². The van der Waals surface area contributed by atoms with Crippen molar-refractivity contribution in [1.82, 2.24) is 9.97 Å². The molecule has 0 aliphatic carbocycles. The molecule has 0 radical (unpaired) electrons. The summed E-state index contributed by atoms with van der Waals surface area (Å²) >= 11 is 0. The number of aromatic nitrogens is 2. The van der Waals surface area contributed by atoms with Crippen LogP contribution in [-0.2, 0) is 0 Å². The molecule has 24 heavy (non-hydrogen) atoms. The third kappa shape index (κ3) is 3.44. The van der Waals surface area contributed by atoms with Crippen molar-refractivity contribution in [2.45, 2.75) is 13.0 Å². The fraction of sp³-hybridized carbons (Fsp3) is 0.200. The van der Waals surface area contributed by atoms with Crippen LogP contribution < -0.4 is 4.90 Å². The maximum absolute atomic E-state index is 10.7. The smallest absolute Gasteiger partial charge is 0.104 e. The fourth-order valence-corrected chi connectivity index (χ4v) is 2.58. The molecule has 122 valence electrons. The molecule has 4 nitrogen and oxygen atoms in total. The van der Waals surface area contributed by atoms with E-state index in [0.717, 1.165) is 33.8 Å². The van der Waals surface area contributed by atoms with E-state index in [1.54, 1.807) is 12.4 Å². The van der Waals surface area contributed by atoms with E-state index in [0.29, 0.717) is 0 Å². The molecule has 3 rings (SSSR count). The summed E-state index contributed by atoms with van der Waals surface area (Å²) in [6.45, 7) is 2.02. The number of aliphatic hydroxyl groups excluding tert-OH is 1. The van der Waals surface area contributed by atoms with Crippen LogP contribution in [0.4, 0.5) is 5.69 Å². The highest BCUT2D eigenvalue weighted by Crippen LogP contribution is 2.26. The lowest BCUT2D eigenvalue weighted by Gasteiger charge is -2.16. The molecular weight excluding hydrogens is 298 g/mol. The van der Waals surface area contributed by atoms with Crippen molar-refractivity contribution < 1.29 is 5.11 Å². The van der Waals surface area contributed by atoms with Crippen molar-refractivity contribution in [2.24, 2.45) is 0 Å². The number of anilines is 1. The summed E-state index contributed by atoms with van der Waals surface area (Å²) in [5.41, 5.74) is 5.47. The van der Waals surface area contributed by atoms with Gasteiger partial charge in [0, 0.05) is 32.2 Å². The molecular formula is C20H21N3O. The number of rotatable bonds is 4. The molecule has 1 unspecified atom stereocenters. The standard InChI is InChI=1S/C20H21N3O/c1-14-8-10-21-18(12-14)19-13-16(9-11-22-19)20(24)15-4-6-17(7-5-15)23(2)3/h4-13,20,24H,1-3H3. The molecule has 0 amide bonds. The van der Waals surface area contributed by atoms with Crippen molar-refractivity contribution >= 4 is 5.69 Å². The van der Waals surface area contributed by atoms with Gasteiger partial charge in [-0.2, -0.15) is 0 Å². The van der Waals surface area contributed by atoms with Crippen LogP contribution in [0.1, 0.15) is 22.8 Å². The van der Waals surface area contributed by atoms with Crippen LogP contribution in [0.3, 0.4) is 0 Å². The third-order valence-corrected chi connectivity index (χ3v) is 4.00. The van der Waals surface area contributed by atoms with Gasteiger partial charge < -0.3 is 10.0 Å². The lowest BCUT2D eigenvalue weighted by Crippen LogP contribution is -2.08. The lowest BCUT2D eigenvalue weighted by atomic mass is 10.0.